The first kappa shape index (κ1) is 6.62. The van der Waals surface area contributed by atoms with E-state index in [1.54, 1.807) is 0 Å². The predicted octanol–water partition coefficient (Wildman–Crippen LogP) is 0.976. The quantitative estimate of drug-likeness (QED) is 0.563. The van der Waals surface area contributed by atoms with Crippen LogP contribution in [0.2, 0.25) is 0 Å². The monoisotopic (exact) mass is 126 g/mol. The van der Waals surface area contributed by atoms with E-state index in [0.717, 1.165) is 6.54 Å². The normalized spacial score (nSPS) is 19.1. The zero-order valence-corrected chi connectivity index (χ0v) is 6.31. The van der Waals surface area contributed by atoms with E-state index in [9.17, 15) is 0 Å². The Labute approximate surface area is 56.5 Å². The van der Waals surface area contributed by atoms with Crippen LogP contribution in [0.25, 0.3) is 0 Å². The second-order valence-electron chi connectivity index (χ2n) is 2.80. The van der Waals surface area contributed by atoms with Gasteiger partial charge in [0.25, 0.3) is 0 Å². The lowest BCUT2D eigenvalue weighted by atomic mass is 10.1. The topological polar surface area (TPSA) is 15.3 Å². The molecule has 2 heteroatoms. The largest absolute Gasteiger partial charge is 0.318 e. The minimum absolute atomic E-state index is 0.683. The Balaban J connectivity index is 2.52. The molecular formula is C7H14N2. The van der Waals surface area contributed by atoms with Crippen LogP contribution in [0.1, 0.15) is 13.8 Å². The molecule has 0 atom stereocenters. The molecule has 1 rings (SSSR count). The van der Waals surface area contributed by atoms with Crippen molar-refractivity contribution >= 4 is 0 Å². The summed E-state index contributed by atoms with van der Waals surface area (Å²) in [5, 5.41) is 2.01. The molecular weight excluding hydrogens is 112 g/mol. The first-order valence-electron chi connectivity index (χ1n) is 3.37. The molecule has 0 saturated carbocycles. The third-order valence-electron chi connectivity index (χ3n) is 1.63. The highest BCUT2D eigenvalue weighted by atomic mass is 15.5. The van der Waals surface area contributed by atoms with Crippen molar-refractivity contribution in [2.24, 2.45) is 5.92 Å². The van der Waals surface area contributed by atoms with Crippen LogP contribution < -0.4 is 5.43 Å². The van der Waals surface area contributed by atoms with Gasteiger partial charge in [0.2, 0.25) is 0 Å². The molecule has 2 nitrogen and oxygen atoms in total. The van der Waals surface area contributed by atoms with Crippen LogP contribution in [0, 0.1) is 5.92 Å². The minimum atomic E-state index is 0.683. The van der Waals surface area contributed by atoms with Gasteiger partial charge in [0.05, 0.1) is 0 Å². The van der Waals surface area contributed by atoms with Crippen molar-refractivity contribution in [2.75, 3.05) is 13.6 Å². The summed E-state index contributed by atoms with van der Waals surface area (Å²) in [7, 11) is 2.02. The summed E-state index contributed by atoms with van der Waals surface area (Å²) in [6.07, 6.45) is 2.16. The molecule has 0 aromatic heterocycles. The average Bonchev–Trinajstić information content (AvgIpc) is 2.14. The zero-order chi connectivity index (χ0) is 6.85. The molecule has 0 saturated heterocycles. The van der Waals surface area contributed by atoms with Gasteiger partial charge in [-0.2, -0.15) is 0 Å². The Kier molecular flexibility index (Phi) is 1.76. The molecule has 0 fully saturated rings. The van der Waals surface area contributed by atoms with Crippen LogP contribution in [0.5, 0.6) is 0 Å². The van der Waals surface area contributed by atoms with Crippen molar-refractivity contribution in [1.82, 2.24) is 10.4 Å². The number of nitrogens with one attached hydrogen (secondary N) is 1. The van der Waals surface area contributed by atoms with Crippen LogP contribution in [0.3, 0.4) is 0 Å². The van der Waals surface area contributed by atoms with Crippen molar-refractivity contribution in [3.8, 4) is 0 Å². The summed E-state index contributed by atoms with van der Waals surface area (Å²) < 4.78 is 0. The van der Waals surface area contributed by atoms with E-state index in [-0.39, 0.29) is 0 Å². The maximum atomic E-state index is 3.19. The summed E-state index contributed by atoms with van der Waals surface area (Å²) in [4.78, 5) is 0. The number of nitrogens with zero attached hydrogens (tertiary/aromatic N) is 1. The third kappa shape index (κ3) is 1.45. The highest BCUT2D eigenvalue weighted by Crippen LogP contribution is 2.12. The highest BCUT2D eigenvalue weighted by molar-refractivity contribution is 5.09. The molecule has 0 amide bonds. The minimum Gasteiger partial charge on any atom is -0.318 e. The van der Waals surface area contributed by atoms with E-state index in [2.05, 4.69) is 25.5 Å². The molecule has 1 aliphatic heterocycles. The van der Waals surface area contributed by atoms with Gasteiger partial charge in [0.1, 0.15) is 0 Å². The van der Waals surface area contributed by atoms with Gasteiger partial charge in [-0.05, 0) is 11.5 Å². The Morgan fingerprint density at radius 2 is 2.33 bits per heavy atom. The van der Waals surface area contributed by atoms with Crippen molar-refractivity contribution in [1.29, 1.82) is 0 Å². The predicted molar refractivity (Wildman–Crippen MR) is 38.7 cm³/mol. The Morgan fingerprint density at radius 3 is 2.56 bits per heavy atom. The number of hydrazine groups is 1. The first-order valence-corrected chi connectivity index (χ1v) is 3.37. The van der Waals surface area contributed by atoms with Crippen LogP contribution in [-0.4, -0.2) is 18.6 Å². The zero-order valence-electron chi connectivity index (χ0n) is 6.31. The summed E-state index contributed by atoms with van der Waals surface area (Å²) in [6.45, 7) is 5.45. The van der Waals surface area contributed by atoms with Crippen molar-refractivity contribution in [3.63, 3.8) is 0 Å². The maximum absolute atomic E-state index is 3.19. The second kappa shape index (κ2) is 2.40. The fourth-order valence-corrected chi connectivity index (χ4v) is 0.909. The van der Waals surface area contributed by atoms with Crippen molar-refractivity contribution < 1.29 is 0 Å². The molecule has 1 heterocycles. The van der Waals surface area contributed by atoms with Gasteiger partial charge in [-0.15, -0.1) is 0 Å². The lowest BCUT2D eigenvalue weighted by Crippen LogP contribution is -2.24. The third-order valence-corrected chi connectivity index (χ3v) is 1.63. The molecule has 0 spiro atoms. The van der Waals surface area contributed by atoms with Crippen molar-refractivity contribution in [3.05, 3.63) is 11.8 Å². The molecule has 0 aliphatic carbocycles. The van der Waals surface area contributed by atoms with E-state index in [0.29, 0.717) is 5.92 Å². The van der Waals surface area contributed by atoms with Gasteiger partial charge in [-0.1, -0.05) is 13.8 Å². The summed E-state index contributed by atoms with van der Waals surface area (Å²) in [5.41, 5.74) is 4.68. The van der Waals surface area contributed by atoms with Gasteiger partial charge in [0, 0.05) is 19.8 Å². The Bertz CT molecular complexity index is 127. The number of hydrogen-bond acceptors (Lipinski definition) is 2. The molecule has 1 aliphatic rings. The van der Waals surface area contributed by atoms with Gasteiger partial charge < -0.3 is 5.01 Å². The van der Waals surface area contributed by atoms with Crippen molar-refractivity contribution in [2.45, 2.75) is 13.8 Å². The van der Waals surface area contributed by atoms with Crippen LogP contribution in [0.4, 0.5) is 0 Å². The SMILES string of the molecule is CC(C)C1=CN(C)NC1. The average molecular weight is 126 g/mol. The summed E-state index contributed by atoms with van der Waals surface area (Å²) in [5.74, 6) is 0.683. The first-order chi connectivity index (χ1) is 4.20. The second-order valence-corrected chi connectivity index (χ2v) is 2.80. The molecule has 0 aromatic rings. The lowest BCUT2D eigenvalue weighted by Gasteiger charge is -2.04. The molecule has 0 unspecified atom stereocenters. The summed E-state index contributed by atoms with van der Waals surface area (Å²) in [6, 6.07) is 0. The molecule has 52 valence electrons. The molecule has 9 heavy (non-hydrogen) atoms. The fraction of sp³-hybridized carbons (Fsp3) is 0.714. The van der Waals surface area contributed by atoms with Gasteiger partial charge in [-0.25, -0.2) is 5.43 Å². The van der Waals surface area contributed by atoms with E-state index in [1.165, 1.54) is 5.57 Å². The molecule has 1 N–H and O–H groups in total. The van der Waals surface area contributed by atoms with E-state index < -0.39 is 0 Å². The summed E-state index contributed by atoms with van der Waals surface area (Å²) >= 11 is 0. The van der Waals surface area contributed by atoms with Crippen LogP contribution in [-0.2, 0) is 0 Å². The number of rotatable bonds is 1. The molecule has 0 radical (unpaired) electrons. The van der Waals surface area contributed by atoms with Gasteiger partial charge >= 0.3 is 0 Å². The molecule has 0 aromatic carbocycles. The van der Waals surface area contributed by atoms with E-state index >= 15 is 0 Å². The van der Waals surface area contributed by atoms with Gasteiger partial charge in [-0.3, -0.25) is 0 Å². The van der Waals surface area contributed by atoms with Gasteiger partial charge in [0.15, 0.2) is 0 Å². The molecule has 0 bridgehead atoms. The highest BCUT2D eigenvalue weighted by Gasteiger charge is 2.09. The van der Waals surface area contributed by atoms with Crippen LogP contribution in [0.15, 0.2) is 11.8 Å². The Hall–Kier alpha value is -0.500. The lowest BCUT2D eigenvalue weighted by molar-refractivity contribution is 0.373. The number of hydrogen-bond donors (Lipinski definition) is 1. The van der Waals surface area contributed by atoms with E-state index in [4.69, 9.17) is 0 Å². The smallest absolute Gasteiger partial charge is 0.0380 e. The standard InChI is InChI=1S/C7H14N2/c1-6(2)7-4-8-9(3)5-7/h5-6,8H,4H2,1-3H3. The van der Waals surface area contributed by atoms with Crippen LogP contribution >= 0.6 is 0 Å². The van der Waals surface area contributed by atoms with E-state index in [1.807, 2.05) is 12.1 Å². The Morgan fingerprint density at radius 1 is 1.67 bits per heavy atom. The fourth-order valence-electron chi connectivity index (χ4n) is 0.909. The maximum Gasteiger partial charge on any atom is 0.0380 e.